The molecule has 2 atom stereocenters. The van der Waals surface area contributed by atoms with Crippen LogP contribution in [0.5, 0.6) is 0 Å². The molecular formula is C17H27N. The summed E-state index contributed by atoms with van der Waals surface area (Å²) in [5.74, 6) is 0.789. The van der Waals surface area contributed by atoms with Gasteiger partial charge < -0.3 is 5.32 Å². The molecule has 0 radical (unpaired) electrons. The number of aryl methyl sites for hydroxylation is 2. The zero-order valence-electron chi connectivity index (χ0n) is 12.7. The molecular weight excluding hydrogens is 218 g/mol. The minimum Gasteiger partial charge on any atom is -0.312 e. The Morgan fingerprint density at radius 3 is 2.56 bits per heavy atom. The molecule has 1 aliphatic carbocycles. The fourth-order valence-corrected chi connectivity index (χ4v) is 2.86. The summed E-state index contributed by atoms with van der Waals surface area (Å²) in [6.45, 7) is 14.7. The van der Waals surface area contributed by atoms with Crippen molar-refractivity contribution in [2.75, 3.05) is 6.54 Å². The maximum absolute atomic E-state index is 3.64. The van der Waals surface area contributed by atoms with Crippen LogP contribution in [0, 0.1) is 19.8 Å². The standard InChI is InChI=1S/C17H27N/c1-12-7-8-13(2)15(9-12)17(6)10-14(17)11-18-16(3,4)5/h7-9,14,18H,10-11H2,1-6H3. The fraction of sp³-hybridized carbons (Fsp3) is 0.647. The lowest BCUT2D eigenvalue weighted by atomic mass is 9.90. The first-order valence-corrected chi connectivity index (χ1v) is 7.05. The number of nitrogens with one attached hydrogen (secondary N) is 1. The minimum atomic E-state index is 0.227. The summed E-state index contributed by atoms with van der Waals surface area (Å²) in [7, 11) is 0. The smallest absolute Gasteiger partial charge is 0.00966 e. The Bertz CT molecular complexity index is 441. The molecule has 1 N–H and O–H groups in total. The molecule has 100 valence electrons. The first-order valence-electron chi connectivity index (χ1n) is 7.05. The maximum atomic E-state index is 3.64. The predicted octanol–water partition coefficient (Wildman–Crippen LogP) is 3.97. The highest BCUT2D eigenvalue weighted by Gasteiger charge is 2.51. The van der Waals surface area contributed by atoms with E-state index >= 15 is 0 Å². The molecule has 1 nitrogen and oxygen atoms in total. The van der Waals surface area contributed by atoms with Gasteiger partial charge in [0.1, 0.15) is 0 Å². The van der Waals surface area contributed by atoms with Gasteiger partial charge in [0.25, 0.3) is 0 Å². The summed E-state index contributed by atoms with van der Waals surface area (Å²) < 4.78 is 0. The van der Waals surface area contributed by atoms with E-state index in [1.807, 2.05) is 0 Å². The summed E-state index contributed by atoms with van der Waals surface area (Å²) in [6.07, 6.45) is 1.32. The van der Waals surface area contributed by atoms with Crippen molar-refractivity contribution in [2.24, 2.45) is 5.92 Å². The highest BCUT2D eigenvalue weighted by atomic mass is 15.0. The second-order valence-corrected chi connectivity index (χ2v) is 7.27. The average Bonchev–Trinajstić information content (AvgIpc) is 2.91. The van der Waals surface area contributed by atoms with Gasteiger partial charge in [-0.2, -0.15) is 0 Å². The van der Waals surface area contributed by atoms with E-state index in [0.29, 0.717) is 5.41 Å². The lowest BCUT2D eigenvalue weighted by molar-refractivity contribution is 0.406. The van der Waals surface area contributed by atoms with Crippen LogP contribution in [-0.2, 0) is 5.41 Å². The zero-order chi connectivity index (χ0) is 13.6. The van der Waals surface area contributed by atoms with Gasteiger partial charge in [0.2, 0.25) is 0 Å². The van der Waals surface area contributed by atoms with Crippen molar-refractivity contribution in [3.8, 4) is 0 Å². The summed E-state index contributed by atoms with van der Waals surface area (Å²) in [5.41, 5.74) is 5.01. The molecule has 0 bridgehead atoms. The van der Waals surface area contributed by atoms with Crippen molar-refractivity contribution >= 4 is 0 Å². The Hall–Kier alpha value is -0.820. The van der Waals surface area contributed by atoms with Crippen molar-refractivity contribution in [3.05, 3.63) is 34.9 Å². The maximum Gasteiger partial charge on any atom is 0.00966 e. The van der Waals surface area contributed by atoms with Crippen LogP contribution in [0.2, 0.25) is 0 Å². The Labute approximate surface area is 112 Å². The third-order valence-corrected chi connectivity index (χ3v) is 4.30. The molecule has 0 saturated heterocycles. The zero-order valence-corrected chi connectivity index (χ0v) is 12.7. The molecule has 1 aromatic carbocycles. The van der Waals surface area contributed by atoms with Crippen molar-refractivity contribution in [1.82, 2.24) is 5.32 Å². The summed E-state index contributed by atoms with van der Waals surface area (Å²) in [4.78, 5) is 0. The predicted molar refractivity (Wildman–Crippen MR) is 79.1 cm³/mol. The van der Waals surface area contributed by atoms with E-state index in [-0.39, 0.29) is 5.54 Å². The number of hydrogen-bond donors (Lipinski definition) is 1. The van der Waals surface area contributed by atoms with Crippen molar-refractivity contribution in [3.63, 3.8) is 0 Å². The topological polar surface area (TPSA) is 12.0 Å². The normalized spacial score (nSPS) is 27.3. The number of hydrogen-bond acceptors (Lipinski definition) is 1. The van der Waals surface area contributed by atoms with Crippen LogP contribution < -0.4 is 5.32 Å². The van der Waals surface area contributed by atoms with E-state index in [4.69, 9.17) is 0 Å². The second-order valence-electron chi connectivity index (χ2n) is 7.27. The fourth-order valence-electron chi connectivity index (χ4n) is 2.86. The van der Waals surface area contributed by atoms with E-state index in [0.717, 1.165) is 12.5 Å². The van der Waals surface area contributed by atoms with Crippen molar-refractivity contribution in [2.45, 2.75) is 58.9 Å². The van der Waals surface area contributed by atoms with Gasteiger partial charge in [-0.25, -0.2) is 0 Å². The van der Waals surface area contributed by atoms with Crippen molar-refractivity contribution < 1.29 is 0 Å². The van der Waals surface area contributed by atoms with E-state index in [2.05, 4.69) is 65.1 Å². The molecule has 1 aliphatic rings. The van der Waals surface area contributed by atoms with Crippen LogP contribution in [0.25, 0.3) is 0 Å². The number of benzene rings is 1. The minimum absolute atomic E-state index is 0.227. The first-order chi connectivity index (χ1) is 8.22. The van der Waals surface area contributed by atoms with Gasteiger partial charge in [0.15, 0.2) is 0 Å². The molecule has 0 heterocycles. The average molecular weight is 245 g/mol. The monoisotopic (exact) mass is 245 g/mol. The van der Waals surface area contributed by atoms with Gasteiger partial charge in [-0.05, 0) is 70.0 Å². The van der Waals surface area contributed by atoms with Crippen LogP contribution >= 0.6 is 0 Å². The third-order valence-electron chi connectivity index (χ3n) is 4.30. The van der Waals surface area contributed by atoms with Crippen LogP contribution in [-0.4, -0.2) is 12.1 Å². The first kappa shape index (κ1) is 13.6. The highest BCUT2D eigenvalue weighted by molar-refractivity contribution is 5.41. The second kappa shape index (κ2) is 4.38. The van der Waals surface area contributed by atoms with E-state index in [1.54, 1.807) is 5.56 Å². The Balaban J connectivity index is 2.09. The largest absolute Gasteiger partial charge is 0.312 e. The van der Waals surface area contributed by atoms with Crippen LogP contribution in [0.1, 0.15) is 50.8 Å². The summed E-state index contributed by atoms with van der Waals surface area (Å²) in [6, 6.07) is 6.86. The van der Waals surface area contributed by atoms with E-state index in [1.165, 1.54) is 17.5 Å². The van der Waals surface area contributed by atoms with Gasteiger partial charge >= 0.3 is 0 Å². The SMILES string of the molecule is Cc1ccc(C)c(C2(C)CC2CNC(C)(C)C)c1. The van der Waals surface area contributed by atoms with Gasteiger partial charge in [-0.15, -0.1) is 0 Å². The molecule has 2 rings (SSSR count). The van der Waals surface area contributed by atoms with Crippen LogP contribution in [0.3, 0.4) is 0 Å². The van der Waals surface area contributed by atoms with Gasteiger partial charge in [0.05, 0.1) is 0 Å². The Morgan fingerprint density at radius 1 is 1.28 bits per heavy atom. The molecule has 1 aromatic rings. The Morgan fingerprint density at radius 2 is 1.94 bits per heavy atom. The van der Waals surface area contributed by atoms with Crippen LogP contribution in [0.4, 0.5) is 0 Å². The molecule has 0 aromatic heterocycles. The van der Waals surface area contributed by atoms with Crippen LogP contribution in [0.15, 0.2) is 18.2 Å². The molecule has 0 aliphatic heterocycles. The van der Waals surface area contributed by atoms with Gasteiger partial charge in [0, 0.05) is 5.54 Å². The quantitative estimate of drug-likeness (QED) is 0.849. The van der Waals surface area contributed by atoms with Gasteiger partial charge in [-0.3, -0.25) is 0 Å². The van der Waals surface area contributed by atoms with E-state index < -0.39 is 0 Å². The summed E-state index contributed by atoms with van der Waals surface area (Å²) >= 11 is 0. The molecule has 0 spiro atoms. The third kappa shape index (κ3) is 2.77. The summed E-state index contributed by atoms with van der Waals surface area (Å²) in [5, 5.41) is 3.64. The molecule has 0 amide bonds. The molecule has 1 fully saturated rings. The molecule has 1 saturated carbocycles. The Kier molecular flexibility index (Phi) is 3.31. The van der Waals surface area contributed by atoms with Gasteiger partial charge in [-0.1, -0.05) is 30.7 Å². The van der Waals surface area contributed by atoms with Crippen molar-refractivity contribution in [1.29, 1.82) is 0 Å². The molecule has 18 heavy (non-hydrogen) atoms. The highest BCUT2D eigenvalue weighted by Crippen LogP contribution is 2.54. The number of rotatable bonds is 3. The lowest BCUT2D eigenvalue weighted by Crippen LogP contribution is -2.38. The lowest BCUT2D eigenvalue weighted by Gasteiger charge is -2.22. The molecule has 1 heteroatoms. The van der Waals surface area contributed by atoms with E-state index in [9.17, 15) is 0 Å². The molecule has 2 unspecified atom stereocenters.